The average Bonchev–Trinajstić information content (AvgIpc) is 3.44. The summed E-state index contributed by atoms with van der Waals surface area (Å²) in [5.74, 6) is -1.96. The van der Waals surface area contributed by atoms with Crippen LogP contribution in [-0.4, -0.2) is 70.1 Å². The summed E-state index contributed by atoms with van der Waals surface area (Å²) in [6.45, 7) is 8.10. The van der Waals surface area contributed by atoms with Crippen molar-refractivity contribution in [1.82, 2.24) is 4.90 Å². The molecule has 3 fully saturated rings. The minimum Gasteiger partial charge on any atom is -0.466 e. The van der Waals surface area contributed by atoms with Crippen LogP contribution in [0.15, 0.2) is 30.9 Å². The van der Waals surface area contributed by atoms with Gasteiger partial charge in [-0.3, -0.25) is 14.4 Å². The lowest BCUT2D eigenvalue weighted by atomic mass is 9.71. The van der Waals surface area contributed by atoms with Gasteiger partial charge in [-0.2, -0.15) is 0 Å². The van der Waals surface area contributed by atoms with E-state index in [-0.39, 0.29) is 49.3 Å². The van der Waals surface area contributed by atoms with E-state index >= 15 is 0 Å². The van der Waals surface area contributed by atoms with Crippen molar-refractivity contribution in [3.05, 3.63) is 41.4 Å². The Morgan fingerprint density at radius 2 is 2.21 bits per heavy atom. The molecule has 3 heterocycles. The quantitative estimate of drug-likeness (QED) is 0.409. The maximum Gasteiger partial charge on any atom is 0.310 e. The molecule has 5 atom stereocenters. The molecule has 3 aliphatic heterocycles. The molecule has 4 rings (SSSR count). The molecule has 3 saturated heterocycles. The number of esters is 1. The second kappa shape index (κ2) is 9.91. The van der Waals surface area contributed by atoms with Gasteiger partial charge in [0.2, 0.25) is 5.91 Å². The normalized spacial score (nSPS) is 29.3. The van der Waals surface area contributed by atoms with Crippen LogP contribution in [0.5, 0.6) is 0 Å². The number of benzene rings is 1. The van der Waals surface area contributed by atoms with Crippen LogP contribution in [0.3, 0.4) is 0 Å². The van der Waals surface area contributed by atoms with E-state index < -0.39 is 22.6 Å². The third-order valence-corrected chi connectivity index (χ3v) is 9.44. The first-order valence-electron chi connectivity index (χ1n) is 11.8. The summed E-state index contributed by atoms with van der Waals surface area (Å²) < 4.78 is 4.63. The Balaban J connectivity index is 1.79. The van der Waals surface area contributed by atoms with E-state index in [1.165, 1.54) is 0 Å². The number of carbonyl (C=O) groups is 3. The second-order valence-corrected chi connectivity index (χ2v) is 11.1. The van der Waals surface area contributed by atoms with Gasteiger partial charge >= 0.3 is 5.97 Å². The third kappa shape index (κ3) is 3.84. The number of aliphatic hydroxyl groups excluding tert-OH is 1. The van der Waals surface area contributed by atoms with Gasteiger partial charge in [-0.1, -0.05) is 29.8 Å². The van der Waals surface area contributed by atoms with Gasteiger partial charge < -0.3 is 19.6 Å². The number of aliphatic hydroxyl groups is 1. The Kier molecular flexibility index (Phi) is 7.31. The van der Waals surface area contributed by atoms with E-state index in [0.29, 0.717) is 23.6 Å². The molecule has 0 radical (unpaired) electrons. The van der Waals surface area contributed by atoms with Crippen LogP contribution in [0.2, 0.25) is 5.02 Å². The predicted molar refractivity (Wildman–Crippen MR) is 133 cm³/mol. The second-order valence-electron chi connectivity index (χ2n) is 9.06. The molecule has 2 unspecified atom stereocenters. The summed E-state index contributed by atoms with van der Waals surface area (Å²) in [4.78, 5) is 44.2. The predicted octanol–water partition coefficient (Wildman–Crippen LogP) is 3.20. The monoisotopic (exact) mass is 506 g/mol. The van der Waals surface area contributed by atoms with Crippen molar-refractivity contribution < 1.29 is 24.2 Å². The highest BCUT2D eigenvalue weighted by Crippen LogP contribution is 2.66. The van der Waals surface area contributed by atoms with Crippen LogP contribution >= 0.6 is 23.4 Å². The molecule has 34 heavy (non-hydrogen) atoms. The van der Waals surface area contributed by atoms with Gasteiger partial charge in [0.05, 0.1) is 33.9 Å². The lowest BCUT2D eigenvalue weighted by molar-refractivity contribution is -0.153. The zero-order valence-corrected chi connectivity index (χ0v) is 21.1. The fraction of sp³-hybridized carbons (Fsp3) is 0.560. The summed E-state index contributed by atoms with van der Waals surface area (Å²) in [7, 11) is 0. The smallest absolute Gasteiger partial charge is 0.310 e. The lowest BCUT2D eigenvalue weighted by Gasteiger charge is -2.37. The highest BCUT2D eigenvalue weighted by Gasteiger charge is 2.74. The summed E-state index contributed by atoms with van der Waals surface area (Å²) >= 11 is 8.13. The molecule has 1 aromatic carbocycles. The zero-order valence-electron chi connectivity index (χ0n) is 19.5. The first-order chi connectivity index (χ1) is 16.3. The largest absolute Gasteiger partial charge is 0.466 e. The molecule has 0 aliphatic carbocycles. The molecule has 0 aromatic heterocycles. The fourth-order valence-corrected chi connectivity index (χ4v) is 8.48. The zero-order chi connectivity index (χ0) is 24.6. The molecule has 2 amide bonds. The summed E-state index contributed by atoms with van der Waals surface area (Å²) in [5.41, 5.74) is 1.44. The van der Waals surface area contributed by atoms with E-state index in [1.807, 2.05) is 19.1 Å². The summed E-state index contributed by atoms with van der Waals surface area (Å²) in [5, 5.41) is 9.89. The highest BCUT2D eigenvalue weighted by atomic mass is 35.5. The number of amides is 2. The van der Waals surface area contributed by atoms with Crippen molar-refractivity contribution in [1.29, 1.82) is 0 Å². The number of hydrogen-bond donors (Lipinski definition) is 1. The van der Waals surface area contributed by atoms with Gasteiger partial charge in [-0.05, 0) is 44.7 Å². The number of thioether (sulfide) groups is 1. The summed E-state index contributed by atoms with van der Waals surface area (Å²) in [6.07, 6.45) is 3.42. The molecule has 184 valence electrons. The number of hydrogen-bond acceptors (Lipinski definition) is 6. The Labute approximate surface area is 209 Å². The SMILES string of the molecule is C=CCN(C(=O)C1N(CCCO)C(=O)[C@@H]2[C@@H](C(=O)OCC)[C@H]3CCC12S3)c1c(C)cccc1Cl. The van der Waals surface area contributed by atoms with Gasteiger partial charge in [-0.15, -0.1) is 18.3 Å². The average molecular weight is 507 g/mol. The molecule has 1 aromatic rings. The molecular weight excluding hydrogens is 476 g/mol. The number of para-hydroxylation sites is 1. The van der Waals surface area contributed by atoms with E-state index in [0.717, 1.165) is 12.0 Å². The van der Waals surface area contributed by atoms with Crippen LogP contribution in [-0.2, 0) is 19.1 Å². The lowest BCUT2D eigenvalue weighted by Crippen LogP contribution is -2.55. The van der Waals surface area contributed by atoms with Crippen molar-refractivity contribution in [3.63, 3.8) is 0 Å². The highest BCUT2D eigenvalue weighted by molar-refractivity contribution is 8.02. The van der Waals surface area contributed by atoms with Gasteiger partial charge in [0.15, 0.2) is 0 Å². The standard InChI is InChI=1S/C25H31ClN2O5S/c1-4-12-27(20-15(3)8-6-9-16(20)26)23(31)21-25-11-10-17(34-25)18(24(32)33-5-2)19(25)22(30)28(21)13-7-14-29/h4,6,8-9,17-19,21,29H,1,5,7,10-14H2,2-3H3/t17-,18+,19+,21?,25?/m1/s1. The van der Waals surface area contributed by atoms with Gasteiger partial charge in [-0.25, -0.2) is 0 Å². The van der Waals surface area contributed by atoms with E-state index in [4.69, 9.17) is 16.3 Å². The first kappa shape index (κ1) is 25.1. The van der Waals surface area contributed by atoms with Crippen LogP contribution in [0.25, 0.3) is 0 Å². The minimum absolute atomic E-state index is 0.0433. The van der Waals surface area contributed by atoms with Crippen molar-refractivity contribution in [2.24, 2.45) is 11.8 Å². The molecule has 1 spiro atoms. The molecular formula is C25H31ClN2O5S. The number of nitrogens with zero attached hydrogens (tertiary/aromatic N) is 2. The minimum atomic E-state index is -0.762. The molecule has 3 aliphatic rings. The molecule has 1 N–H and O–H groups in total. The van der Waals surface area contributed by atoms with Crippen LogP contribution in [0, 0.1) is 18.8 Å². The van der Waals surface area contributed by atoms with Crippen molar-refractivity contribution in [3.8, 4) is 0 Å². The maximum atomic E-state index is 14.3. The Bertz CT molecular complexity index is 983. The number of aryl methyl sites for hydroxylation is 1. The van der Waals surface area contributed by atoms with E-state index in [2.05, 4.69) is 6.58 Å². The maximum absolute atomic E-state index is 14.3. The number of anilines is 1. The molecule has 2 bridgehead atoms. The van der Waals surface area contributed by atoms with E-state index in [1.54, 1.807) is 40.6 Å². The first-order valence-corrected chi connectivity index (χ1v) is 13.0. The fourth-order valence-electron chi connectivity index (χ4n) is 5.95. The number of carbonyl (C=O) groups excluding carboxylic acids is 3. The van der Waals surface area contributed by atoms with Crippen LogP contribution < -0.4 is 4.90 Å². The molecule has 9 heteroatoms. The van der Waals surface area contributed by atoms with Crippen molar-refractivity contribution >= 4 is 46.8 Å². The number of fused-ring (bicyclic) bond motifs is 1. The van der Waals surface area contributed by atoms with Crippen molar-refractivity contribution in [2.75, 3.05) is 31.2 Å². The molecule has 7 nitrogen and oxygen atoms in total. The third-order valence-electron chi connectivity index (χ3n) is 7.19. The molecule has 0 saturated carbocycles. The van der Waals surface area contributed by atoms with Crippen LogP contribution in [0.1, 0.15) is 31.7 Å². The van der Waals surface area contributed by atoms with Gasteiger partial charge in [0, 0.05) is 24.9 Å². The number of likely N-dealkylation sites (tertiary alicyclic amines) is 1. The van der Waals surface area contributed by atoms with E-state index in [9.17, 15) is 19.5 Å². The van der Waals surface area contributed by atoms with Crippen molar-refractivity contribution in [2.45, 2.75) is 49.1 Å². The number of ether oxygens (including phenoxy) is 1. The topological polar surface area (TPSA) is 87.2 Å². The Morgan fingerprint density at radius 3 is 2.85 bits per heavy atom. The van der Waals surface area contributed by atoms with Gasteiger partial charge in [0.1, 0.15) is 6.04 Å². The Morgan fingerprint density at radius 1 is 1.44 bits per heavy atom. The number of halogens is 1. The van der Waals surface area contributed by atoms with Crippen LogP contribution in [0.4, 0.5) is 5.69 Å². The van der Waals surface area contributed by atoms with Gasteiger partial charge in [0.25, 0.3) is 5.91 Å². The summed E-state index contributed by atoms with van der Waals surface area (Å²) in [6, 6.07) is 4.70. The number of rotatable bonds is 9. The Hall–Kier alpha value is -2.03.